The standard InChI is InChI=1S/C9H18N2O2/c1-7(10)8(12)11-6-9(13)4-2-3-5-9/h7,13H,2-6,10H2,1H3,(H,11,12)/t7-/m1/s1. The van der Waals surface area contributed by atoms with Gasteiger partial charge in [-0.05, 0) is 19.8 Å². The molecule has 0 saturated heterocycles. The molecule has 0 radical (unpaired) electrons. The van der Waals surface area contributed by atoms with E-state index in [1.165, 1.54) is 0 Å². The number of nitrogens with two attached hydrogens (primary N) is 1. The van der Waals surface area contributed by atoms with Crippen LogP contribution < -0.4 is 11.1 Å². The predicted octanol–water partition coefficient (Wildman–Crippen LogP) is -0.245. The van der Waals surface area contributed by atoms with Crippen molar-refractivity contribution in [1.29, 1.82) is 0 Å². The van der Waals surface area contributed by atoms with E-state index in [0.29, 0.717) is 6.54 Å². The third kappa shape index (κ3) is 2.97. The maximum absolute atomic E-state index is 11.1. The molecule has 1 aliphatic rings. The normalized spacial score (nSPS) is 22.7. The zero-order valence-corrected chi connectivity index (χ0v) is 8.05. The molecule has 0 aromatic rings. The van der Waals surface area contributed by atoms with E-state index < -0.39 is 11.6 Å². The van der Waals surface area contributed by atoms with E-state index in [1.807, 2.05) is 0 Å². The van der Waals surface area contributed by atoms with E-state index in [0.717, 1.165) is 25.7 Å². The van der Waals surface area contributed by atoms with Crippen LogP contribution in [0.5, 0.6) is 0 Å². The second-order valence-electron chi connectivity index (χ2n) is 3.94. The van der Waals surface area contributed by atoms with Crippen LogP contribution in [0.2, 0.25) is 0 Å². The number of amides is 1. The summed E-state index contributed by atoms with van der Waals surface area (Å²) in [7, 11) is 0. The maximum Gasteiger partial charge on any atom is 0.236 e. The molecule has 0 aromatic carbocycles. The fourth-order valence-electron chi connectivity index (χ4n) is 1.62. The SMILES string of the molecule is C[C@@H](N)C(=O)NCC1(O)CCCC1. The summed E-state index contributed by atoms with van der Waals surface area (Å²) in [5.74, 6) is -0.194. The zero-order valence-electron chi connectivity index (χ0n) is 8.05. The number of aliphatic hydroxyl groups is 1. The maximum atomic E-state index is 11.1. The number of carbonyl (C=O) groups is 1. The first-order chi connectivity index (χ1) is 6.03. The van der Waals surface area contributed by atoms with Crippen molar-refractivity contribution in [3.05, 3.63) is 0 Å². The minimum absolute atomic E-state index is 0.194. The van der Waals surface area contributed by atoms with Crippen LogP contribution in [-0.4, -0.2) is 29.2 Å². The van der Waals surface area contributed by atoms with Gasteiger partial charge in [-0.1, -0.05) is 12.8 Å². The Bertz CT molecular complexity index is 186. The third-order valence-corrected chi connectivity index (χ3v) is 2.54. The summed E-state index contributed by atoms with van der Waals surface area (Å²) < 4.78 is 0. The van der Waals surface area contributed by atoms with E-state index in [9.17, 15) is 9.90 Å². The Kier molecular flexibility index (Phi) is 3.27. The van der Waals surface area contributed by atoms with Crippen LogP contribution in [0.1, 0.15) is 32.6 Å². The lowest BCUT2D eigenvalue weighted by molar-refractivity contribution is -0.123. The summed E-state index contributed by atoms with van der Waals surface area (Å²) in [4.78, 5) is 11.1. The number of carbonyl (C=O) groups excluding carboxylic acids is 1. The summed E-state index contributed by atoms with van der Waals surface area (Å²) in [6, 6.07) is -0.495. The van der Waals surface area contributed by atoms with Crippen molar-refractivity contribution in [3.8, 4) is 0 Å². The van der Waals surface area contributed by atoms with Gasteiger partial charge in [-0.3, -0.25) is 4.79 Å². The molecule has 1 atom stereocenters. The van der Waals surface area contributed by atoms with E-state index >= 15 is 0 Å². The fraction of sp³-hybridized carbons (Fsp3) is 0.889. The molecule has 1 fully saturated rings. The Labute approximate surface area is 78.5 Å². The van der Waals surface area contributed by atoms with Gasteiger partial charge in [0.25, 0.3) is 0 Å². The van der Waals surface area contributed by atoms with Gasteiger partial charge in [0, 0.05) is 6.54 Å². The molecule has 4 N–H and O–H groups in total. The first-order valence-electron chi connectivity index (χ1n) is 4.79. The average Bonchev–Trinajstić information content (AvgIpc) is 2.48. The van der Waals surface area contributed by atoms with Gasteiger partial charge in [-0.25, -0.2) is 0 Å². The lowest BCUT2D eigenvalue weighted by Gasteiger charge is -2.22. The van der Waals surface area contributed by atoms with Gasteiger partial charge >= 0.3 is 0 Å². The van der Waals surface area contributed by atoms with Crippen molar-refractivity contribution in [2.45, 2.75) is 44.2 Å². The van der Waals surface area contributed by atoms with Crippen LogP contribution in [0.4, 0.5) is 0 Å². The molecule has 76 valence electrons. The fourth-order valence-corrected chi connectivity index (χ4v) is 1.62. The number of rotatable bonds is 3. The van der Waals surface area contributed by atoms with Crippen LogP contribution in [-0.2, 0) is 4.79 Å². The Morgan fingerprint density at radius 1 is 1.62 bits per heavy atom. The van der Waals surface area contributed by atoms with Crippen molar-refractivity contribution in [2.24, 2.45) is 5.73 Å². The molecule has 0 aromatic heterocycles. The van der Waals surface area contributed by atoms with Gasteiger partial charge in [0.1, 0.15) is 0 Å². The molecule has 1 aliphatic carbocycles. The van der Waals surface area contributed by atoms with Crippen LogP contribution in [0, 0.1) is 0 Å². The van der Waals surface area contributed by atoms with Gasteiger partial charge in [0.2, 0.25) is 5.91 Å². The van der Waals surface area contributed by atoms with Gasteiger partial charge in [0.05, 0.1) is 11.6 Å². The summed E-state index contributed by atoms with van der Waals surface area (Å²) in [5.41, 5.74) is 4.69. The second kappa shape index (κ2) is 4.07. The highest BCUT2D eigenvalue weighted by Crippen LogP contribution is 2.28. The quantitative estimate of drug-likeness (QED) is 0.569. The summed E-state index contributed by atoms with van der Waals surface area (Å²) in [6.45, 7) is 1.97. The lowest BCUT2D eigenvalue weighted by Crippen LogP contribution is -2.46. The Morgan fingerprint density at radius 2 is 2.15 bits per heavy atom. The van der Waals surface area contributed by atoms with Crippen LogP contribution in [0.25, 0.3) is 0 Å². The molecular formula is C9H18N2O2. The van der Waals surface area contributed by atoms with Gasteiger partial charge < -0.3 is 16.2 Å². The first-order valence-corrected chi connectivity index (χ1v) is 4.79. The van der Waals surface area contributed by atoms with Crippen molar-refractivity contribution >= 4 is 5.91 Å². The topological polar surface area (TPSA) is 75.4 Å². The zero-order chi connectivity index (χ0) is 9.90. The second-order valence-corrected chi connectivity index (χ2v) is 3.94. The highest BCUT2D eigenvalue weighted by molar-refractivity contribution is 5.81. The Morgan fingerprint density at radius 3 is 2.62 bits per heavy atom. The minimum Gasteiger partial charge on any atom is -0.388 e. The van der Waals surface area contributed by atoms with Crippen molar-refractivity contribution < 1.29 is 9.90 Å². The van der Waals surface area contributed by atoms with Crippen molar-refractivity contribution in [3.63, 3.8) is 0 Å². The molecule has 13 heavy (non-hydrogen) atoms. The lowest BCUT2D eigenvalue weighted by atomic mass is 10.0. The largest absolute Gasteiger partial charge is 0.388 e. The van der Waals surface area contributed by atoms with E-state index in [-0.39, 0.29) is 5.91 Å². The van der Waals surface area contributed by atoms with Gasteiger partial charge in [0.15, 0.2) is 0 Å². The molecule has 1 amide bonds. The Balaban J connectivity index is 2.29. The van der Waals surface area contributed by atoms with Gasteiger partial charge in [-0.15, -0.1) is 0 Å². The van der Waals surface area contributed by atoms with E-state index in [4.69, 9.17) is 5.73 Å². The molecule has 4 nitrogen and oxygen atoms in total. The molecule has 4 heteroatoms. The highest BCUT2D eigenvalue weighted by atomic mass is 16.3. The van der Waals surface area contributed by atoms with Crippen molar-refractivity contribution in [2.75, 3.05) is 6.54 Å². The first kappa shape index (κ1) is 10.5. The van der Waals surface area contributed by atoms with E-state index in [2.05, 4.69) is 5.32 Å². The van der Waals surface area contributed by atoms with Gasteiger partial charge in [-0.2, -0.15) is 0 Å². The van der Waals surface area contributed by atoms with E-state index in [1.54, 1.807) is 6.92 Å². The summed E-state index contributed by atoms with van der Waals surface area (Å²) in [5, 5.41) is 12.5. The highest BCUT2D eigenvalue weighted by Gasteiger charge is 2.31. The molecular weight excluding hydrogens is 168 g/mol. The molecule has 0 bridgehead atoms. The Hall–Kier alpha value is -0.610. The number of nitrogens with one attached hydrogen (secondary N) is 1. The van der Waals surface area contributed by atoms with Crippen LogP contribution >= 0.6 is 0 Å². The monoisotopic (exact) mass is 186 g/mol. The summed E-state index contributed by atoms with van der Waals surface area (Å²) in [6.07, 6.45) is 3.66. The van der Waals surface area contributed by atoms with Crippen molar-refractivity contribution in [1.82, 2.24) is 5.32 Å². The minimum atomic E-state index is -0.676. The third-order valence-electron chi connectivity index (χ3n) is 2.54. The average molecular weight is 186 g/mol. The molecule has 0 heterocycles. The van der Waals surface area contributed by atoms with Crippen LogP contribution in [0.3, 0.4) is 0 Å². The number of hydrogen-bond acceptors (Lipinski definition) is 3. The molecule has 0 aliphatic heterocycles. The molecule has 0 unspecified atom stereocenters. The molecule has 0 spiro atoms. The molecule has 1 saturated carbocycles. The predicted molar refractivity (Wildman–Crippen MR) is 50.1 cm³/mol. The summed E-state index contributed by atoms with van der Waals surface area (Å²) >= 11 is 0. The number of hydrogen-bond donors (Lipinski definition) is 3. The molecule has 1 rings (SSSR count). The smallest absolute Gasteiger partial charge is 0.236 e. The van der Waals surface area contributed by atoms with Crippen LogP contribution in [0.15, 0.2) is 0 Å².